The van der Waals surface area contributed by atoms with Crippen molar-refractivity contribution in [1.82, 2.24) is 9.88 Å². The third-order valence-corrected chi connectivity index (χ3v) is 8.77. The van der Waals surface area contributed by atoms with E-state index in [9.17, 15) is 21.6 Å². The van der Waals surface area contributed by atoms with Gasteiger partial charge in [-0.2, -0.15) is 13.2 Å². The molecule has 0 amide bonds. The number of aliphatic hydroxyl groups excluding tert-OH is 1. The van der Waals surface area contributed by atoms with Gasteiger partial charge in [0.05, 0.1) is 17.2 Å². The fraction of sp³-hybridized carbons (Fsp3) is 0.560. The second-order valence-electron chi connectivity index (χ2n) is 9.58. The van der Waals surface area contributed by atoms with Crippen molar-refractivity contribution in [2.75, 3.05) is 25.4 Å². The molecule has 4 rings (SSSR count). The standard InChI is InChI=1S/C25H31F3N2O4S/c1-18(25(26,27)28)30-11-9-24(10-12-30)8-7-21-15-20(4-6-23(21)34-24)22-5-3-19(16-29-22)17-35(32,33)14-2-13-31/h3-6,15-16,18,31H,2,7-14,17H2,1H3. The molecule has 1 unspecified atom stereocenters. The number of aryl methyl sites for hydroxylation is 1. The predicted octanol–water partition coefficient (Wildman–Crippen LogP) is 4.16. The Morgan fingerprint density at radius 3 is 2.54 bits per heavy atom. The van der Waals surface area contributed by atoms with E-state index in [2.05, 4.69) is 4.98 Å². The molecular weight excluding hydrogens is 481 g/mol. The average Bonchev–Trinajstić information content (AvgIpc) is 2.82. The number of likely N-dealkylation sites (tertiary alicyclic amines) is 1. The lowest BCUT2D eigenvalue weighted by Crippen LogP contribution is -2.54. The van der Waals surface area contributed by atoms with Crippen LogP contribution in [0.25, 0.3) is 11.3 Å². The van der Waals surface area contributed by atoms with Gasteiger partial charge >= 0.3 is 6.18 Å². The summed E-state index contributed by atoms with van der Waals surface area (Å²) in [7, 11) is -3.29. The van der Waals surface area contributed by atoms with E-state index >= 15 is 0 Å². The zero-order valence-electron chi connectivity index (χ0n) is 19.7. The minimum Gasteiger partial charge on any atom is -0.487 e. The van der Waals surface area contributed by atoms with Crippen LogP contribution in [-0.2, 0) is 22.0 Å². The first-order valence-corrected chi connectivity index (χ1v) is 13.7. The van der Waals surface area contributed by atoms with Crippen LogP contribution in [0.15, 0.2) is 36.5 Å². The van der Waals surface area contributed by atoms with Crippen LogP contribution >= 0.6 is 0 Å². The summed E-state index contributed by atoms with van der Waals surface area (Å²) >= 11 is 0. The molecule has 1 saturated heterocycles. The van der Waals surface area contributed by atoms with E-state index in [1.54, 1.807) is 18.3 Å². The van der Waals surface area contributed by atoms with Crippen molar-refractivity contribution in [3.8, 4) is 17.0 Å². The second kappa shape index (κ2) is 10.1. The van der Waals surface area contributed by atoms with Crippen molar-refractivity contribution >= 4 is 9.84 Å². The third kappa shape index (κ3) is 6.16. The Kier molecular flexibility index (Phi) is 7.45. The fourth-order valence-electron chi connectivity index (χ4n) is 4.85. The fourth-order valence-corrected chi connectivity index (χ4v) is 6.24. The monoisotopic (exact) mass is 512 g/mol. The minimum atomic E-state index is -4.22. The summed E-state index contributed by atoms with van der Waals surface area (Å²) in [5, 5.41) is 8.85. The molecule has 1 aromatic heterocycles. The van der Waals surface area contributed by atoms with E-state index < -0.39 is 27.7 Å². The van der Waals surface area contributed by atoms with Gasteiger partial charge in [-0.25, -0.2) is 8.42 Å². The van der Waals surface area contributed by atoms with Gasteiger partial charge in [0.2, 0.25) is 0 Å². The molecule has 0 radical (unpaired) electrons. The highest BCUT2D eigenvalue weighted by Gasteiger charge is 2.45. The van der Waals surface area contributed by atoms with Gasteiger partial charge < -0.3 is 9.84 Å². The maximum Gasteiger partial charge on any atom is 0.403 e. The number of ether oxygens (including phenoxy) is 1. The number of hydrogen-bond acceptors (Lipinski definition) is 6. The maximum absolute atomic E-state index is 13.1. The van der Waals surface area contributed by atoms with Crippen LogP contribution in [0, 0.1) is 0 Å². The van der Waals surface area contributed by atoms with Crippen molar-refractivity contribution in [1.29, 1.82) is 0 Å². The SMILES string of the molecule is CC(N1CCC2(CCc3cc(-c4ccc(CS(=O)(=O)CCCO)cn4)ccc3O2)CC1)C(F)(F)F. The largest absolute Gasteiger partial charge is 0.487 e. The Hall–Kier alpha value is -2.17. The van der Waals surface area contributed by atoms with Gasteiger partial charge in [-0.05, 0) is 74.4 Å². The van der Waals surface area contributed by atoms with Crippen molar-refractivity contribution < 1.29 is 31.4 Å². The lowest BCUT2D eigenvalue weighted by molar-refractivity contribution is -0.186. The van der Waals surface area contributed by atoms with E-state index in [-0.39, 0.29) is 24.5 Å². The molecule has 2 aromatic rings. The van der Waals surface area contributed by atoms with Gasteiger partial charge in [-0.15, -0.1) is 0 Å². The molecule has 1 aromatic carbocycles. The van der Waals surface area contributed by atoms with Crippen molar-refractivity contribution in [2.24, 2.45) is 0 Å². The van der Waals surface area contributed by atoms with Crippen molar-refractivity contribution in [3.05, 3.63) is 47.7 Å². The Morgan fingerprint density at radius 2 is 1.91 bits per heavy atom. The number of hydrogen-bond donors (Lipinski definition) is 1. The number of rotatable bonds is 7. The smallest absolute Gasteiger partial charge is 0.403 e. The molecule has 0 aliphatic carbocycles. The molecule has 1 atom stereocenters. The molecule has 2 aliphatic heterocycles. The van der Waals surface area contributed by atoms with Gasteiger partial charge in [0.15, 0.2) is 9.84 Å². The van der Waals surface area contributed by atoms with Gasteiger partial charge in [0.1, 0.15) is 17.4 Å². The van der Waals surface area contributed by atoms with Crippen LogP contribution in [0.3, 0.4) is 0 Å². The zero-order valence-corrected chi connectivity index (χ0v) is 20.5. The van der Waals surface area contributed by atoms with E-state index in [4.69, 9.17) is 9.84 Å². The number of aliphatic hydroxyl groups is 1. The highest BCUT2D eigenvalue weighted by Crippen LogP contribution is 2.41. The number of pyridine rings is 1. The van der Waals surface area contributed by atoms with Crippen molar-refractivity contribution in [2.45, 2.75) is 62.6 Å². The number of halogens is 3. The van der Waals surface area contributed by atoms with Gasteiger partial charge in [-0.3, -0.25) is 9.88 Å². The third-order valence-electron chi connectivity index (χ3n) is 7.09. The molecule has 192 valence electrons. The van der Waals surface area contributed by atoms with Gasteiger partial charge in [-0.1, -0.05) is 6.07 Å². The average molecular weight is 513 g/mol. The number of nitrogens with zero attached hydrogens (tertiary/aromatic N) is 2. The van der Waals surface area contributed by atoms with Crippen LogP contribution < -0.4 is 4.74 Å². The summed E-state index contributed by atoms with van der Waals surface area (Å²) < 4.78 is 69.7. The van der Waals surface area contributed by atoms with Crippen LogP contribution in [0.4, 0.5) is 13.2 Å². The first-order valence-electron chi connectivity index (χ1n) is 11.9. The number of benzene rings is 1. The lowest BCUT2D eigenvalue weighted by atomic mass is 9.82. The topological polar surface area (TPSA) is 79.7 Å². The molecule has 1 spiro atoms. The normalized spacial score (nSPS) is 19.2. The first kappa shape index (κ1) is 25.9. The molecule has 0 bridgehead atoms. The molecule has 1 N–H and O–H groups in total. The molecule has 2 aliphatic rings. The van der Waals surface area contributed by atoms with Crippen LogP contribution in [0.1, 0.15) is 43.7 Å². The summed E-state index contributed by atoms with van der Waals surface area (Å²) in [5.41, 5.74) is 2.83. The summed E-state index contributed by atoms with van der Waals surface area (Å²) in [5.74, 6) is 0.597. The number of fused-ring (bicyclic) bond motifs is 1. The number of aromatic nitrogens is 1. The Balaban J connectivity index is 1.40. The van der Waals surface area contributed by atoms with E-state index in [0.29, 0.717) is 31.5 Å². The van der Waals surface area contributed by atoms with Crippen molar-refractivity contribution in [3.63, 3.8) is 0 Å². The zero-order chi connectivity index (χ0) is 25.3. The molecule has 35 heavy (non-hydrogen) atoms. The number of alkyl halides is 3. The summed E-state index contributed by atoms with van der Waals surface area (Å²) in [4.78, 5) is 5.92. The predicted molar refractivity (Wildman–Crippen MR) is 127 cm³/mol. The Morgan fingerprint density at radius 1 is 1.17 bits per heavy atom. The van der Waals surface area contributed by atoms with Crippen LogP contribution in [0.5, 0.6) is 5.75 Å². The quantitative estimate of drug-likeness (QED) is 0.600. The molecule has 3 heterocycles. The lowest BCUT2D eigenvalue weighted by Gasteiger charge is -2.46. The summed E-state index contributed by atoms with van der Waals surface area (Å²) in [6.45, 7) is 1.78. The molecule has 0 saturated carbocycles. The van der Waals surface area contributed by atoms with E-state index in [1.165, 1.54) is 11.8 Å². The minimum absolute atomic E-state index is 0.0586. The maximum atomic E-state index is 13.1. The van der Waals surface area contributed by atoms with Gasteiger partial charge in [0, 0.05) is 31.5 Å². The molecule has 1 fully saturated rings. The molecular formula is C25H31F3N2O4S. The van der Waals surface area contributed by atoms with Crippen LogP contribution in [-0.4, -0.2) is 66.7 Å². The number of piperidine rings is 1. The highest BCUT2D eigenvalue weighted by atomic mass is 32.2. The summed E-state index contributed by atoms with van der Waals surface area (Å²) in [6.07, 6.45) is 0.234. The van der Waals surface area contributed by atoms with E-state index in [0.717, 1.165) is 35.4 Å². The Bertz CT molecular complexity index is 1130. The molecule has 10 heteroatoms. The first-order chi connectivity index (χ1) is 16.5. The summed E-state index contributed by atoms with van der Waals surface area (Å²) in [6, 6.07) is 7.91. The van der Waals surface area contributed by atoms with Crippen LogP contribution in [0.2, 0.25) is 0 Å². The number of sulfone groups is 1. The highest BCUT2D eigenvalue weighted by molar-refractivity contribution is 7.90. The van der Waals surface area contributed by atoms with E-state index in [1.807, 2.05) is 18.2 Å². The molecule has 6 nitrogen and oxygen atoms in total. The Labute approximate surface area is 204 Å². The second-order valence-corrected chi connectivity index (χ2v) is 11.8. The van der Waals surface area contributed by atoms with Gasteiger partial charge in [0.25, 0.3) is 0 Å².